The van der Waals surface area contributed by atoms with Crippen molar-refractivity contribution in [2.45, 2.75) is 18.9 Å². The lowest BCUT2D eigenvalue weighted by atomic mass is 10.2. The van der Waals surface area contributed by atoms with Gasteiger partial charge in [-0.1, -0.05) is 18.2 Å². The second kappa shape index (κ2) is 4.77. The molecule has 0 N–H and O–H groups in total. The van der Waals surface area contributed by atoms with Gasteiger partial charge in [0.1, 0.15) is 0 Å². The van der Waals surface area contributed by atoms with Crippen LogP contribution in [0, 0.1) is 0 Å². The Labute approximate surface area is 119 Å². The maximum atomic E-state index is 12.6. The van der Waals surface area contributed by atoms with Gasteiger partial charge in [0, 0.05) is 25.3 Å². The first-order chi connectivity index (χ1) is 9.48. The van der Waals surface area contributed by atoms with Crippen molar-refractivity contribution in [3.63, 3.8) is 0 Å². The Balaban J connectivity index is 1.77. The maximum absolute atomic E-state index is 12.6. The molecular weight excluding hydrogens is 276 g/mol. The Hall–Kier alpha value is -1.56. The number of benzene rings is 1. The normalized spacial score (nSPS) is 23.6. The topological polar surface area (TPSA) is 57.7 Å². The predicted molar refractivity (Wildman–Crippen MR) is 77.7 cm³/mol. The number of amides is 2. The molecular formula is C14H18N2O3S. The lowest BCUT2D eigenvalue weighted by molar-refractivity contribution is 0.202. The van der Waals surface area contributed by atoms with Crippen LogP contribution in [0.4, 0.5) is 10.5 Å². The van der Waals surface area contributed by atoms with Crippen LogP contribution in [-0.4, -0.2) is 50.5 Å². The molecule has 2 aliphatic rings. The molecule has 1 atom stereocenters. The largest absolute Gasteiger partial charge is 0.324 e. The van der Waals surface area contributed by atoms with Crippen LogP contribution in [0.25, 0.3) is 0 Å². The average Bonchev–Trinajstić information content (AvgIpc) is 3.00. The van der Waals surface area contributed by atoms with Crippen molar-refractivity contribution in [1.29, 1.82) is 0 Å². The summed E-state index contributed by atoms with van der Waals surface area (Å²) in [6.07, 6.45) is 1.40. The van der Waals surface area contributed by atoms with Crippen molar-refractivity contribution in [2.75, 3.05) is 30.0 Å². The van der Waals surface area contributed by atoms with E-state index in [1.165, 1.54) is 5.56 Å². The molecule has 0 aromatic heterocycles. The molecule has 2 aliphatic heterocycles. The minimum atomic E-state index is -2.97. The van der Waals surface area contributed by atoms with E-state index < -0.39 is 9.84 Å². The average molecular weight is 294 g/mol. The Morgan fingerprint density at radius 3 is 2.80 bits per heavy atom. The first-order valence-electron chi connectivity index (χ1n) is 6.80. The van der Waals surface area contributed by atoms with Gasteiger partial charge < -0.3 is 4.90 Å². The van der Waals surface area contributed by atoms with Gasteiger partial charge >= 0.3 is 6.03 Å². The van der Waals surface area contributed by atoms with E-state index in [2.05, 4.69) is 0 Å². The first-order valence-corrected chi connectivity index (χ1v) is 8.63. The zero-order valence-corrected chi connectivity index (χ0v) is 12.3. The number of anilines is 1. The minimum absolute atomic E-state index is 0.0880. The van der Waals surface area contributed by atoms with E-state index in [0.29, 0.717) is 13.0 Å². The molecule has 0 saturated carbocycles. The van der Waals surface area contributed by atoms with E-state index in [4.69, 9.17) is 0 Å². The van der Waals surface area contributed by atoms with Crippen molar-refractivity contribution in [1.82, 2.24) is 4.90 Å². The van der Waals surface area contributed by atoms with Crippen LogP contribution in [0.3, 0.4) is 0 Å². The Bertz CT molecular complexity index is 642. The number of urea groups is 1. The number of rotatable bonds is 1. The summed E-state index contributed by atoms with van der Waals surface area (Å²) < 4.78 is 23.1. The van der Waals surface area contributed by atoms with Gasteiger partial charge in [-0.05, 0) is 24.5 Å². The van der Waals surface area contributed by atoms with Crippen molar-refractivity contribution in [2.24, 2.45) is 0 Å². The summed E-state index contributed by atoms with van der Waals surface area (Å²) in [5.74, 6) is 0.274. The fourth-order valence-electron chi connectivity index (χ4n) is 2.96. The summed E-state index contributed by atoms with van der Waals surface area (Å²) in [6.45, 7) is 0.669. The molecule has 1 aromatic carbocycles. The highest BCUT2D eigenvalue weighted by atomic mass is 32.2. The van der Waals surface area contributed by atoms with Gasteiger partial charge in [0.25, 0.3) is 0 Å². The van der Waals surface area contributed by atoms with E-state index >= 15 is 0 Å². The van der Waals surface area contributed by atoms with Gasteiger partial charge in [-0.2, -0.15) is 0 Å². The van der Waals surface area contributed by atoms with Crippen molar-refractivity contribution >= 4 is 21.6 Å². The molecule has 1 aromatic rings. The third-order valence-corrected chi connectivity index (χ3v) is 5.93. The van der Waals surface area contributed by atoms with Crippen LogP contribution in [0.15, 0.2) is 24.3 Å². The van der Waals surface area contributed by atoms with Gasteiger partial charge in [0.05, 0.1) is 11.5 Å². The standard InChI is InChI=1S/C14H18N2O3S/c1-15(12-7-9-20(18,19)10-12)14(17)16-8-6-11-4-2-3-5-13(11)16/h2-5,12H,6-10H2,1H3. The summed E-state index contributed by atoms with van der Waals surface area (Å²) in [7, 11) is -1.27. The molecule has 1 fully saturated rings. The fourth-order valence-corrected chi connectivity index (χ4v) is 4.74. The van der Waals surface area contributed by atoms with Crippen LogP contribution in [0.5, 0.6) is 0 Å². The summed E-state index contributed by atoms with van der Waals surface area (Å²) in [6, 6.07) is 7.57. The molecule has 1 unspecified atom stereocenters. The zero-order valence-electron chi connectivity index (χ0n) is 11.4. The Kier molecular flexibility index (Phi) is 3.20. The first kappa shape index (κ1) is 13.4. The molecule has 6 heteroatoms. The number of sulfone groups is 1. The highest BCUT2D eigenvalue weighted by Crippen LogP contribution is 2.29. The van der Waals surface area contributed by atoms with E-state index in [0.717, 1.165) is 12.1 Å². The summed E-state index contributed by atoms with van der Waals surface area (Å²) >= 11 is 0. The maximum Gasteiger partial charge on any atom is 0.324 e. The van der Waals surface area contributed by atoms with E-state index in [1.54, 1.807) is 16.8 Å². The molecule has 0 radical (unpaired) electrons. The monoisotopic (exact) mass is 294 g/mol. The van der Waals surface area contributed by atoms with Crippen LogP contribution in [0.1, 0.15) is 12.0 Å². The van der Waals surface area contributed by atoms with Gasteiger partial charge in [-0.15, -0.1) is 0 Å². The van der Waals surface area contributed by atoms with Crippen LogP contribution in [0.2, 0.25) is 0 Å². The second-order valence-electron chi connectivity index (χ2n) is 5.48. The lowest BCUT2D eigenvalue weighted by Gasteiger charge is -2.29. The molecule has 0 spiro atoms. The van der Waals surface area contributed by atoms with E-state index in [-0.39, 0.29) is 23.6 Å². The highest BCUT2D eigenvalue weighted by molar-refractivity contribution is 7.91. The predicted octanol–water partition coefficient (Wildman–Crippen LogP) is 1.29. The van der Waals surface area contributed by atoms with Crippen molar-refractivity contribution < 1.29 is 13.2 Å². The lowest BCUT2D eigenvalue weighted by Crippen LogP contribution is -2.46. The number of hydrogen-bond donors (Lipinski definition) is 0. The number of para-hydroxylation sites is 1. The second-order valence-corrected chi connectivity index (χ2v) is 7.71. The number of hydrogen-bond acceptors (Lipinski definition) is 3. The van der Waals surface area contributed by atoms with Gasteiger partial charge in [0.2, 0.25) is 0 Å². The fraction of sp³-hybridized carbons (Fsp3) is 0.500. The molecule has 108 valence electrons. The molecule has 2 amide bonds. The Morgan fingerprint density at radius 1 is 1.35 bits per heavy atom. The molecule has 0 bridgehead atoms. The number of carbonyl (C=O) groups excluding carboxylic acids is 1. The molecule has 0 aliphatic carbocycles. The quantitative estimate of drug-likeness (QED) is 0.784. The van der Waals surface area contributed by atoms with Gasteiger partial charge in [-0.3, -0.25) is 4.90 Å². The minimum Gasteiger partial charge on any atom is -0.323 e. The zero-order chi connectivity index (χ0) is 14.3. The Morgan fingerprint density at radius 2 is 2.10 bits per heavy atom. The molecule has 1 saturated heterocycles. The summed E-state index contributed by atoms with van der Waals surface area (Å²) in [5.41, 5.74) is 2.12. The van der Waals surface area contributed by atoms with Crippen molar-refractivity contribution in [3.05, 3.63) is 29.8 Å². The highest BCUT2D eigenvalue weighted by Gasteiger charge is 2.35. The molecule has 5 nitrogen and oxygen atoms in total. The van der Waals surface area contributed by atoms with Gasteiger partial charge in [0.15, 0.2) is 9.84 Å². The third-order valence-electron chi connectivity index (χ3n) is 4.18. The van der Waals surface area contributed by atoms with Crippen LogP contribution in [-0.2, 0) is 16.3 Å². The van der Waals surface area contributed by atoms with Crippen LogP contribution < -0.4 is 4.90 Å². The third kappa shape index (κ3) is 2.28. The number of carbonyl (C=O) groups is 1. The van der Waals surface area contributed by atoms with E-state index in [9.17, 15) is 13.2 Å². The molecule has 3 rings (SSSR count). The SMILES string of the molecule is CN(C(=O)N1CCc2ccccc21)C1CCS(=O)(=O)C1. The smallest absolute Gasteiger partial charge is 0.323 e. The summed E-state index contributed by atoms with van der Waals surface area (Å²) in [5, 5.41) is 0. The summed E-state index contributed by atoms with van der Waals surface area (Å²) in [4.78, 5) is 15.9. The van der Waals surface area contributed by atoms with Crippen molar-refractivity contribution in [3.8, 4) is 0 Å². The molecule has 20 heavy (non-hydrogen) atoms. The van der Waals surface area contributed by atoms with Gasteiger partial charge in [-0.25, -0.2) is 13.2 Å². The van der Waals surface area contributed by atoms with Crippen LogP contribution >= 0.6 is 0 Å². The van der Waals surface area contributed by atoms with E-state index in [1.807, 2.05) is 24.3 Å². The molecule has 2 heterocycles. The number of fused-ring (bicyclic) bond motifs is 1. The number of nitrogens with zero attached hydrogens (tertiary/aromatic N) is 2.